The minimum absolute atomic E-state index is 0.136. The topological polar surface area (TPSA) is 122 Å². The Labute approximate surface area is 230 Å². The van der Waals surface area contributed by atoms with E-state index < -0.39 is 34.5 Å². The lowest BCUT2D eigenvalue weighted by molar-refractivity contribution is -0.131. The number of Topliss-reactive ketones (excluding diaryl/α,β-unsaturated/α-hetero) is 1. The number of carbonyl (C=O) groups excluding carboxylic acids is 3. The number of ketones is 1. The van der Waals surface area contributed by atoms with E-state index in [1.54, 1.807) is 50.5 Å². The van der Waals surface area contributed by atoms with Crippen molar-refractivity contribution < 1.29 is 23.9 Å². The van der Waals surface area contributed by atoms with E-state index in [0.717, 1.165) is 15.7 Å². The van der Waals surface area contributed by atoms with E-state index in [2.05, 4.69) is 0 Å². The molecule has 9 nitrogen and oxygen atoms in total. The van der Waals surface area contributed by atoms with Crippen molar-refractivity contribution >= 4 is 45.1 Å². The first-order valence-corrected chi connectivity index (χ1v) is 12.8. The second-order valence-electron chi connectivity index (χ2n) is 10.5. The number of hydrogen-bond donors (Lipinski definition) is 0. The molecule has 3 aliphatic rings. The molecule has 2 aromatic heterocycles. The van der Waals surface area contributed by atoms with Crippen LogP contribution in [0.15, 0.2) is 54.9 Å². The normalized spacial score (nSPS) is 25.9. The van der Waals surface area contributed by atoms with Gasteiger partial charge in [0.2, 0.25) is 11.8 Å². The number of ether oxygens (including phenoxy) is 2. The fourth-order valence-corrected chi connectivity index (χ4v) is 7.36. The number of anilines is 1. The highest BCUT2D eigenvalue weighted by molar-refractivity contribution is 6.32. The zero-order valence-electron chi connectivity index (χ0n) is 22.7. The lowest BCUT2D eigenvalue weighted by Gasteiger charge is -2.34. The zero-order valence-corrected chi connectivity index (χ0v) is 22.7. The molecule has 2 aromatic carbocycles. The molecule has 4 aromatic rings. The van der Waals surface area contributed by atoms with Gasteiger partial charge in [-0.2, -0.15) is 5.26 Å². The molecule has 4 atom stereocenters. The molecule has 7 rings (SSSR count). The highest BCUT2D eigenvalue weighted by Crippen LogP contribution is 2.68. The number of hydrogen-bond acceptors (Lipinski definition) is 8. The van der Waals surface area contributed by atoms with Crippen molar-refractivity contribution in [1.29, 1.82) is 5.26 Å². The molecule has 2 aliphatic carbocycles. The number of imide groups is 1. The van der Waals surface area contributed by atoms with Crippen molar-refractivity contribution in [1.82, 2.24) is 9.97 Å². The second-order valence-corrected chi connectivity index (χ2v) is 10.5. The summed E-state index contributed by atoms with van der Waals surface area (Å²) in [7, 11) is 2.96. The van der Waals surface area contributed by atoms with Crippen LogP contribution in [0.1, 0.15) is 31.9 Å². The minimum atomic E-state index is -1.25. The van der Waals surface area contributed by atoms with Crippen LogP contribution in [-0.4, -0.2) is 41.8 Å². The monoisotopic (exact) mass is 534 g/mol. The summed E-state index contributed by atoms with van der Waals surface area (Å²) in [5, 5.41) is 9.05. The molecule has 0 unspecified atom stereocenters. The molecule has 1 saturated heterocycles. The van der Waals surface area contributed by atoms with E-state index in [0.29, 0.717) is 33.7 Å². The number of aromatic nitrogens is 2. The van der Waals surface area contributed by atoms with Crippen LogP contribution < -0.4 is 14.4 Å². The van der Waals surface area contributed by atoms with Gasteiger partial charge < -0.3 is 9.47 Å². The third-order valence-corrected chi connectivity index (χ3v) is 8.79. The van der Waals surface area contributed by atoms with Gasteiger partial charge in [0.15, 0.2) is 5.78 Å². The van der Waals surface area contributed by atoms with Gasteiger partial charge in [-0.25, -0.2) is 4.90 Å². The average molecular weight is 535 g/mol. The number of amides is 2. The first-order valence-electron chi connectivity index (χ1n) is 12.8. The smallest absolute Gasteiger partial charge is 0.239 e. The van der Waals surface area contributed by atoms with Crippen molar-refractivity contribution in [2.45, 2.75) is 31.6 Å². The van der Waals surface area contributed by atoms with Crippen LogP contribution in [-0.2, 0) is 25.2 Å². The average Bonchev–Trinajstić information content (AvgIpc) is 3.42. The number of para-hydroxylation sites is 1. The van der Waals surface area contributed by atoms with Gasteiger partial charge >= 0.3 is 0 Å². The SMILES string of the molecule is CC#N.COc1cccc(OC)c1N1C(=O)[C@@H]2[C@H](C1=O)[C@@]1(C)C(=O)[C@]2(C)c2c1c1ncccc1c1cccnc21. The van der Waals surface area contributed by atoms with Crippen LogP contribution in [0.4, 0.5) is 5.69 Å². The number of nitrogens with zero attached hydrogens (tertiary/aromatic N) is 4. The molecule has 40 heavy (non-hydrogen) atoms. The maximum Gasteiger partial charge on any atom is 0.239 e. The molecule has 0 radical (unpaired) electrons. The Hall–Kier alpha value is -4.84. The van der Waals surface area contributed by atoms with E-state index in [1.165, 1.54) is 21.1 Å². The molecule has 2 fully saturated rings. The number of fused-ring (bicyclic) bond motifs is 13. The number of pyridine rings is 2. The summed E-state index contributed by atoms with van der Waals surface area (Å²) >= 11 is 0. The van der Waals surface area contributed by atoms with Crippen molar-refractivity contribution in [2.24, 2.45) is 11.8 Å². The molecular formula is C31H26N4O5. The summed E-state index contributed by atoms with van der Waals surface area (Å²) < 4.78 is 11.0. The summed E-state index contributed by atoms with van der Waals surface area (Å²) in [5.74, 6) is -2.10. The summed E-state index contributed by atoms with van der Waals surface area (Å²) in [5.41, 5.74) is 0.518. The fourth-order valence-electron chi connectivity index (χ4n) is 7.36. The predicted octanol–water partition coefficient (Wildman–Crippen LogP) is 4.25. The zero-order chi connectivity index (χ0) is 28.6. The van der Waals surface area contributed by atoms with Gasteiger partial charge in [-0.05, 0) is 49.2 Å². The molecular weight excluding hydrogens is 508 g/mol. The summed E-state index contributed by atoms with van der Waals surface area (Å²) in [6, 6.07) is 14.5. The maximum atomic E-state index is 14.3. The number of rotatable bonds is 3. The molecule has 3 heterocycles. The van der Waals surface area contributed by atoms with Crippen LogP contribution in [0.3, 0.4) is 0 Å². The summed E-state index contributed by atoms with van der Waals surface area (Å²) in [6.07, 6.45) is 3.39. The Kier molecular flexibility index (Phi) is 5.46. The molecule has 1 aliphatic heterocycles. The number of carbonyl (C=O) groups is 3. The fraction of sp³-hybridized carbons (Fsp3) is 0.290. The maximum absolute atomic E-state index is 14.3. The molecule has 2 amide bonds. The Morgan fingerprint density at radius 2 is 1.23 bits per heavy atom. The van der Waals surface area contributed by atoms with E-state index in [4.69, 9.17) is 24.7 Å². The van der Waals surface area contributed by atoms with Gasteiger partial charge in [0.1, 0.15) is 17.2 Å². The number of methoxy groups -OCH3 is 2. The van der Waals surface area contributed by atoms with Gasteiger partial charge in [0.25, 0.3) is 0 Å². The third-order valence-electron chi connectivity index (χ3n) is 8.79. The number of nitriles is 1. The van der Waals surface area contributed by atoms with Crippen LogP contribution in [0.25, 0.3) is 21.8 Å². The van der Waals surface area contributed by atoms with Crippen LogP contribution in [0, 0.1) is 23.2 Å². The van der Waals surface area contributed by atoms with Gasteiger partial charge in [0, 0.05) is 30.1 Å². The van der Waals surface area contributed by atoms with E-state index in [1.807, 2.05) is 24.3 Å². The Morgan fingerprint density at radius 3 is 1.62 bits per heavy atom. The Balaban J connectivity index is 0.000000925. The summed E-state index contributed by atoms with van der Waals surface area (Å²) in [4.78, 5) is 53.3. The van der Waals surface area contributed by atoms with Crippen molar-refractivity contribution in [3.8, 4) is 17.6 Å². The van der Waals surface area contributed by atoms with Crippen LogP contribution in [0.5, 0.6) is 11.5 Å². The van der Waals surface area contributed by atoms with Crippen molar-refractivity contribution in [3.63, 3.8) is 0 Å². The lowest BCUT2D eigenvalue weighted by Crippen LogP contribution is -2.42. The molecule has 1 saturated carbocycles. The largest absolute Gasteiger partial charge is 0.494 e. The molecule has 0 N–H and O–H groups in total. The first-order chi connectivity index (χ1) is 19.2. The quantitative estimate of drug-likeness (QED) is 0.282. The Morgan fingerprint density at radius 1 is 0.800 bits per heavy atom. The standard InChI is InChI=1S/C29H23N3O5.C2H3N/c1-28-18-19(23-15(9-7-13-31-23)14-8-6-12-30-22(14)18)29(2,27(28)35)21-20(28)25(33)32(26(21)34)24-16(36-3)10-5-11-17(24)37-4;1-2-3/h5-13,20-21H,1-4H3;1H3/t20-,21+,28+,29-;. The summed E-state index contributed by atoms with van der Waals surface area (Å²) in [6.45, 7) is 5.02. The molecule has 2 bridgehead atoms. The Bertz CT molecular complexity index is 1710. The van der Waals surface area contributed by atoms with Gasteiger partial charge in [0.05, 0.1) is 54.0 Å². The van der Waals surface area contributed by atoms with E-state index in [-0.39, 0.29) is 11.5 Å². The highest BCUT2D eigenvalue weighted by Gasteiger charge is 2.79. The second kappa shape index (κ2) is 8.58. The molecule has 9 heteroatoms. The van der Waals surface area contributed by atoms with Crippen LogP contribution in [0.2, 0.25) is 0 Å². The third kappa shape index (κ3) is 2.78. The van der Waals surface area contributed by atoms with Gasteiger partial charge in [-0.3, -0.25) is 24.4 Å². The predicted molar refractivity (Wildman–Crippen MR) is 147 cm³/mol. The minimum Gasteiger partial charge on any atom is -0.494 e. The van der Waals surface area contributed by atoms with Gasteiger partial charge in [-0.15, -0.1) is 0 Å². The van der Waals surface area contributed by atoms with E-state index in [9.17, 15) is 14.4 Å². The molecule has 0 spiro atoms. The molecule has 200 valence electrons. The van der Waals surface area contributed by atoms with Crippen molar-refractivity contribution in [3.05, 3.63) is 66.0 Å². The highest BCUT2D eigenvalue weighted by atomic mass is 16.5. The van der Waals surface area contributed by atoms with Gasteiger partial charge in [-0.1, -0.05) is 18.2 Å². The van der Waals surface area contributed by atoms with Crippen LogP contribution >= 0.6 is 0 Å². The van der Waals surface area contributed by atoms with Crippen molar-refractivity contribution in [2.75, 3.05) is 19.1 Å². The lowest BCUT2D eigenvalue weighted by atomic mass is 9.64. The van der Waals surface area contributed by atoms with E-state index >= 15 is 0 Å². The first kappa shape index (κ1) is 25.4. The number of benzene rings is 2.